The van der Waals surface area contributed by atoms with E-state index in [1.165, 1.54) is 13.8 Å². The molecule has 0 unspecified atom stereocenters. The highest BCUT2D eigenvalue weighted by molar-refractivity contribution is 6.60. The van der Waals surface area contributed by atoms with Gasteiger partial charge in [0, 0.05) is 32.8 Å². The van der Waals surface area contributed by atoms with E-state index in [9.17, 15) is 57.1 Å². The normalized spacial score (nSPS) is 15.6. The molecule has 0 bridgehead atoms. The van der Waals surface area contributed by atoms with Crippen LogP contribution in [-0.4, -0.2) is 64.9 Å². The summed E-state index contributed by atoms with van der Waals surface area (Å²) >= 11 is 0. The van der Waals surface area contributed by atoms with Gasteiger partial charge in [0.15, 0.2) is 0 Å². The standard InChI is InChI=1S/C13H17F13O3Si/c1-4-28-30(27-3,29-5-2)7-6-8(14,15)9(16,17)10(18,19)11(20,21)12(22,23)13(24,25)26/h4-7H2,1-3H3. The molecule has 0 radical (unpaired) electrons. The zero-order valence-electron chi connectivity index (χ0n) is 15.5. The van der Waals surface area contributed by atoms with Crippen molar-refractivity contribution in [1.29, 1.82) is 0 Å². The van der Waals surface area contributed by atoms with Crippen molar-refractivity contribution in [2.24, 2.45) is 0 Å². The van der Waals surface area contributed by atoms with Crippen molar-refractivity contribution in [3.8, 4) is 0 Å². The molecule has 0 fully saturated rings. The van der Waals surface area contributed by atoms with Crippen LogP contribution < -0.4 is 0 Å². The Morgan fingerprint density at radius 1 is 0.600 bits per heavy atom. The van der Waals surface area contributed by atoms with Gasteiger partial charge in [0.1, 0.15) is 0 Å². The lowest BCUT2D eigenvalue weighted by Gasteiger charge is -2.40. The molecule has 0 heterocycles. The Bertz CT molecular complexity index is 559. The van der Waals surface area contributed by atoms with E-state index in [4.69, 9.17) is 13.3 Å². The molecule has 3 nitrogen and oxygen atoms in total. The molecule has 0 aromatic heterocycles. The maximum atomic E-state index is 13.8. The van der Waals surface area contributed by atoms with Crippen LogP contribution >= 0.6 is 0 Å². The molecule has 0 aromatic carbocycles. The second-order valence-corrected chi connectivity index (χ2v) is 8.60. The minimum absolute atomic E-state index is 0.298. The molecule has 0 aromatic rings. The Balaban J connectivity index is 6.07. The topological polar surface area (TPSA) is 27.7 Å². The molecule has 30 heavy (non-hydrogen) atoms. The maximum Gasteiger partial charge on any atom is 0.500 e. The Morgan fingerprint density at radius 3 is 1.27 bits per heavy atom. The van der Waals surface area contributed by atoms with Crippen LogP contribution in [0.15, 0.2) is 0 Å². The number of hydrogen-bond acceptors (Lipinski definition) is 3. The lowest BCUT2D eigenvalue weighted by Crippen LogP contribution is -2.70. The van der Waals surface area contributed by atoms with Gasteiger partial charge >= 0.3 is 44.6 Å². The van der Waals surface area contributed by atoms with E-state index in [1.54, 1.807) is 0 Å². The molecular formula is C13H17F13O3Si. The minimum atomic E-state index is -7.92. The summed E-state index contributed by atoms with van der Waals surface area (Å²) in [7, 11) is -3.38. The van der Waals surface area contributed by atoms with Crippen LogP contribution in [0.4, 0.5) is 57.1 Å². The Morgan fingerprint density at radius 2 is 0.967 bits per heavy atom. The fraction of sp³-hybridized carbons (Fsp3) is 1.00. The lowest BCUT2D eigenvalue weighted by atomic mass is 9.93. The Labute approximate surface area is 162 Å². The second kappa shape index (κ2) is 8.97. The van der Waals surface area contributed by atoms with E-state index in [0.29, 0.717) is 0 Å². The number of alkyl halides is 13. The third kappa shape index (κ3) is 4.82. The third-order valence-electron chi connectivity index (χ3n) is 3.78. The second-order valence-electron chi connectivity index (χ2n) is 5.75. The molecule has 0 atom stereocenters. The predicted octanol–water partition coefficient (Wildman–Crippen LogP) is 5.77. The summed E-state index contributed by atoms with van der Waals surface area (Å²) in [6.45, 7) is 1.96. The van der Waals surface area contributed by atoms with Crippen LogP contribution in [0, 0.1) is 0 Å². The molecule has 0 N–H and O–H groups in total. The van der Waals surface area contributed by atoms with E-state index in [-0.39, 0.29) is 13.2 Å². The summed E-state index contributed by atoms with van der Waals surface area (Å²) < 4.78 is 184. The summed E-state index contributed by atoms with van der Waals surface area (Å²) in [5.74, 6) is -37.0. The number of rotatable bonds is 12. The van der Waals surface area contributed by atoms with Gasteiger partial charge in [0.25, 0.3) is 0 Å². The van der Waals surface area contributed by atoms with Gasteiger partial charge in [-0.3, -0.25) is 0 Å². The van der Waals surface area contributed by atoms with Crippen LogP contribution in [-0.2, 0) is 13.3 Å². The SMILES string of the molecule is CCO[Si](CCC(F)(F)C(F)(F)C(F)(F)C(F)(F)C(F)(F)C(F)(F)F)(OC)OCC. The van der Waals surface area contributed by atoms with Crippen molar-refractivity contribution in [3.63, 3.8) is 0 Å². The first kappa shape index (κ1) is 29.2. The number of halogens is 13. The van der Waals surface area contributed by atoms with Gasteiger partial charge in [-0.2, -0.15) is 57.1 Å². The molecule has 0 aliphatic heterocycles. The molecular weight excluding hydrogens is 479 g/mol. The molecule has 0 aliphatic rings. The van der Waals surface area contributed by atoms with Gasteiger partial charge in [0.05, 0.1) is 0 Å². The summed E-state index contributed by atoms with van der Waals surface area (Å²) in [6, 6.07) is -1.37. The third-order valence-corrected chi connectivity index (χ3v) is 6.72. The van der Waals surface area contributed by atoms with Gasteiger partial charge in [0.2, 0.25) is 0 Å². The van der Waals surface area contributed by atoms with Crippen molar-refractivity contribution in [1.82, 2.24) is 0 Å². The molecule has 0 saturated carbocycles. The molecule has 17 heteroatoms. The smallest absolute Gasteiger partial charge is 0.377 e. The van der Waals surface area contributed by atoms with Gasteiger partial charge in [-0.15, -0.1) is 0 Å². The average Bonchev–Trinajstić information content (AvgIpc) is 2.58. The van der Waals surface area contributed by atoms with Crippen LogP contribution in [0.25, 0.3) is 0 Å². The fourth-order valence-electron chi connectivity index (χ4n) is 2.11. The van der Waals surface area contributed by atoms with Crippen molar-refractivity contribution in [2.45, 2.75) is 62.1 Å². The van der Waals surface area contributed by atoms with Gasteiger partial charge in [-0.1, -0.05) is 0 Å². The predicted molar refractivity (Wildman–Crippen MR) is 76.2 cm³/mol. The van der Waals surface area contributed by atoms with E-state index >= 15 is 0 Å². The van der Waals surface area contributed by atoms with E-state index in [2.05, 4.69) is 0 Å². The highest BCUT2D eigenvalue weighted by Gasteiger charge is 2.90. The highest BCUT2D eigenvalue weighted by atomic mass is 28.4. The zero-order valence-corrected chi connectivity index (χ0v) is 16.5. The summed E-state index contributed by atoms with van der Waals surface area (Å²) in [5, 5.41) is 0. The van der Waals surface area contributed by atoms with Crippen LogP contribution in [0.1, 0.15) is 20.3 Å². The monoisotopic (exact) mass is 496 g/mol. The molecule has 0 rings (SSSR count). The first-order valence-electron chi connectivity index (χ1n) is 7.93. The molecule has 0 aliphatic carbocycles. The van der Waals surface area contributed by atoms with Crippen molar-refractivity contribution in [2.75, 3.05) is 20.3 Å². The van der Waals surface area contributed by atoms with Gasteiger partial charge in [-0.25, -0.2) is 0 Å². The van der Waals surface area contributed by atoms with Gasteiger partial charge < -0.3 is 13.3 Å². The Hall–Kier alpha value is -0.813. The lowest BCUT2D eigenvalue weighted by molar-refractivity contribution is -0.440. The van der Waals surface area contributed by atoms with E-state index in [1.807, 2.05) is 0 Å². The quantitative estimate of drug-likeness (QED) is 0.254. The summed E-state index contributed by atoms with van der Waals surface area (Å²) in [4.78, 5) is 0. The highest BCUT2D eigenvalue weighted by Crippen LogP contribution is 2.60. The van der Waals surface area contributed by atoms with Crippen LogP contribution in [0.3, 0.4) is 0 Å². The first-order valence-corrected chi connectivity index (χ1v) is 9.86. The Kier molecular flexibility index (Phi) is 8.73. The fourth-order valence-corrected chi connectivity index (χ4v) is 4.43. The molecule has 0 amide bonds. The average molecular weight is 496 g/mol. The number of hydrogen-bond donors (Lipinski definition) is 0. The van der Waals surface area contributed by atoms with Crippen molar-refractivity contribution in [3.05, 3.63) is 0 Å². The van der Waals surface area contributed by atoms with E-state index < -0.39 is 57.1 Å². The minimum Gasteiger partial charge on any atom is -0.377 e. The largest absolute Gasteiger partial charge is 0.500 e. The molecule has 0 spiro atoms. The summed E-state index contributed by atoms with van der Waals surface area (Å²) in [6.07, 6.45) is -9.85. The van der Waals surface area contributed by atoms with E-state index in [0.717, 1.165) is 7.11 Å². The van der Waals surface area contributed by atoms with Gasteiger partial charge in [-0.05, 0) is 13.8 Å². The summed E-state index contributed by atoms with van der Waals surface area (Å²) in [5.41, 5.74) is 0. The first-order chi connectivity index (χ1) is 13.1. The maximum absolute atomic E-state index is 13.8. The van der Waals surface area contributed by atoms with Crippen molar-refractivity contribution >= 4 is 8.80 Å². The van der Waals surface area contributed by atoms with Crippen LogP contribution in [0.5, 0.6) is 0 Å². The van der Waals surface area contributed by atoms with Crippen molar-refractivity contribution < 1.29 is 70.4 Å². The molecule has 0 saturated heterocycles. The zero-order chi connectivity index (χ0) is 24.4. The van der Waals surface area contributed by atoms with Crippen LogP contribution in [0.2, 0.25) is 6.04 Å². The molecule has 182 valence electrons.